The fraction of sp³-hybridized carbons (Fsp3) is 0.136. The van der Waals surface area contributed by atoms with Crippen LogP contribution in [0.15, 0.2) is 71.6 Å². The number of anilines is 1. The van der Waals surface area contributed by atoms with Crippen molar-refractivity contribution in [3.63, 3.8) is 0 Å². The molecule has 0 atom stereocenters. The lowest BCUT2D eigenvalue weighted by molar-refractivity contribution is 0.102. The standard InChI is InChI=1S/C22H20FNO3S/c1-26-20-13-16(22(25)24-18-8-3-4-9-21(18)28-2)10-11-19(20)27-14-15-6-5-7-17(23)12-15/h3-13H,14H2,1-2H3,(H,24,25). The Morgan fingerprint density at radius 1 is 1.04 bits per heavy atom. The Labute approximate surface area is 167 Å². The second kappa shape index (κ2) is 9.28. The quantitative estimate of drug-likeness (QED) is 0.543. The van der Waals surface area contributed by atoms with E-state index in [-0.39, 0.29) is 18.3 Å². The summed E-state index contributed by atoms with van der Waals surface area (Å²) < 4.78 is 24.4. The summed E-state index contributed by atoms with van der Waals surface area (Å²) in [5.41, 5.74) is 1.91. The molecule has 0 spiro atoms. The van der Waals surface area contributed by atoms with E-state index < -0.39 is 0 Å². The molecular weight excluding hydrogens is 377 g/mol. The highest BCUT2D eigenvalue weighted by atomic mass is 32.2. The fourth-order valence-corrected chi connectivity index (χ4v) is 3.21. The van der Waals surface area contributed by atoms with Gasteiger partial charge in [-0.3, -0.25) is 4.79 Å². The summed E-state index contributed by atoms with van der Waals surface area (Å²) in [6.07, 6.45) is 1.96. The fourth-order valence-electron chi connectivity index (χ4n) is 2.66. The van der Waals surface area contributed by atoms with Crippen LogP contribution in [-0.2, 0) is 6.61 Å². The molecule has 0 aliphatic heterocycles. The van der Waals surface area contributed by atoms with Crippen LogP contribution in [0.2, 0.25) is 0 Å². The van der Waals surface area contributed by atoms with Crippen molar-refractivity contribution in [2.24, 2.45) is 0 Å². The van der Waals surface area contributed by atoms with Gasteiger partial charge in [-0.05, 0) is 54.3 Å². The number of halogens is 1. The van der Waals surface area contributed by atoms with Gasteiger partial charge in [0.15, 0.2) is 11.5 Å². The average Bonchev–Trinajstić information content (AvgIpc) is 2.72. The van der Waals surface area contributed by atoms with Gasteiger partial charge >= 0.3 is 0 Å². The Balaban J connectivity index is 1.74. The molecule has 3 rings (SSSR count). The van der Waals surface area contributed by atoms with E-state index in [2.05, 4.69) is 5.32 Å². The predicted octanol–water partition coefficient (Wildman–Crippen LogP) is 5.39. The maximum atomic E-state index is 13.3. The van der Waals surface area contributed by atoms with Crippen molar-refractivity contribution in [1.82, 2.24) is 0 Å². The minimum atomic E-state index is -0.314. The summed E-state index contributed by atoms with van der Waals surface area (Å²) in [5.74, 6) is 0.358. The van der Waals surface area contributed by atoms with Crippen molar-refractivity contribution < 1.29 is 18.7 Å². The number of carbonyl (C=O) groups is 1. The Hall–Kier alpha value is -2.99. The minimum absolute atomic E-state index is 0.195. The first kappa shape index (κ1) is 19.8. The van der Waals surface area contributed by atoms with Crippen molar-refractivity contribution in [2.45, 2.75) is 11.5 Å². The molecule has 0 heterocycles. The monoisotopic (exact) mass is 397 g/mol. The highest BCUT2D eigenvalue weighted by Gasteiger charge is 2.13. The molecule has 0 bridgehead atoms. The zero-order valence-electron chi connectivity index (χ0n) is 15.6. The number of para-hydroxylation sites is 1. The summed E-state index contributed by atoms with van der Waals surface area (Å²) in [6.45, 7) is 0.195. The van der Waals surface area contributed by atoms with Gasteiger partial charge in [-0.1, -0.05) is 24.3 Å². The third kappa shape index (κ3) is 4.84. The summed E-state index contributed by atoms with van der Waals surface area (Å²) >= 11 is 1.56. The summed E-state index contributed by atoms with van der Waals surface area (Å²) in [6, 6.07) is 18.8. The SMILES string of the molecule is COc1cc(C(=O)Nc2ccccc2SC)ccc1OCc1cccc(F)c1. The van der Waals surface area contributed by atoms with Gasteiger partial charge in [0, 0.05) is 10.5 Å². The average molecular weight is 397 g/mol. The van der Waals surface area contributed by atoms with E-state index in [0.717, 1.165) is 10.6 Å². The lowest BCUT2D eigenvalue weighted by Crippen LogP contribution is -2.12. The number of benzene rings is 3. The highest BCUT2D eigenvalue weighted by molar-refractivity contribution is 7.98. The van der Waals surface area contributed by atoms with Crippen molar-refractivity contribution in [3.8, 4) is 11.5 Å². The van der Waals surface area contributed by atoms with Crippen LogP contribution in [-0.4, -0.2) is 19.3 Å². The maximum absolute atomic E-state index is 13.3. The van der Waals surface area contributed by atoms with Crippen LogP contribution < -0.4 is 14.8 Å². The van der Waals surface area contributed by atoms with Crippen molar-refractivity contribution in [3.05, 3.63) is 83.7 Å². The van der Waals surface area contributed by atoms with Gasteiger partial charge in [-0.15, -0.1) is 11.8 Å². The van der Waals surface area contributed by atoms with E-state index in [9.17, 15) is 9.18 Å². The van der Waals surface area contributed by atoms with E-state index in [4.69, 9.17) is 9.47 Å². The van der Waals surface area contributed by atoms with Crippen molar-refractivity contribution >= 4 is 23.4 Å². The minimum Gasteiger partial charge on any atom is -0.493 e. The molecule has 4 nitrogen and oxygen atoms in total. The molecule has 0 fully saturated rings. The molecule has 3 aromatic carbocycles. The molecule has 0 aliphatic carbocycles. The van der Waals surface area contributed by atoms with E-state index in [1.54, 1.807) is 42.1 Å². The first-order chi connectivity index (χ1) is 13.6. The molecule has 0 aromatic heterocycles. The van der Waals surface area contributed by atoms with Gasteiger partial charge in [0.25, 0.3) is 5.91 Å². The Morgan fingerprint density at radius 2 is 1.86 bits per heavy atom. The van der Waals surface area contributed by atoms with Crippen LogP contribution in [0.4, 0.5) is 10.1 Å². The van der Waals surface area contributed by atoms with Crippen LogP contribution in [0.1, 0.15) is 15.9 Å². The van der Waals surface area contributed by atoms with Gasteiger partial charge < -0.3 is 14.8 Å². The topological polar surface area (TPSA) is 47.6 Å². The number of carbonyl (C=O) groups excluding carboxylic acids is 1. The highest BCUT2D eigenvalue weighted by Crippen LogP contribution is 2.30. The van der Waals surface area contributed by atoms with E-state index >= 15 is 0 Å². The number of amides is 1. The zero-order chi connectivity index (χ0) is 19.9. The molecule has 0 saturated carbocycles. The molecule has 3 aromatic rings. The third-order valence-electron chi connectivity index (χ3n) is 4.06. The molecule has 28 heavy (non-hydrogen) atoms. The smallest absolute Gasteiger partial charge is 0.255 e. The Morgan fingerprint density at radius 3 is 2.61 bits per heavy atom. The van der Waals surface area contributed by atoms with Gasteiger partial charge in [-0.2, -0.15) is 0 Å². The van der Waals surface area contributed by atoms with Crippen molar-refractivity contribution in [2.75, 3.05) is 18.7 Å². The molecule has 0 saturated heterocycles. The number of thioether (sulfide) groups is 1. The third-order valence-corrected chi connectivity index (χ3v) is 4.86. The molecule has 1 amide bonds. The zero-order valence-corrected chi connectivity index (χ0v) is 16.4. The van der Waals surface area contributed by atoms with Crippen LogP contribution in [0, 0.1) is 5.82 Å². The number of ether oxygens (including phenoxy) is 2. The maximum Gasteiger partial charge on any atom is 0.255 e. The normalized spacial score (nSPS) is 10.4. The molecule has 6 heteroatoms. The van der Waals surface area contributed by atoms with Gasteiger partial charge in [0.2, 0.25) is 0 Å². The Bertz CT molecular complexity index is 978. The van der Waals surface area contributed by atoms with Crippen LogP contribution in [0.3, 0.4) is 0 Å². The molecule has 144 valence electrons. The molecule has 0 aliphatic rings. The second-order valence-electron chi connectivity index (χ2n) is 5.94. The lowest BCUT2D eigenvalue weighted by Gasteiger charge is -2.13. The van der Waals surface area contributed by atoms with E-state index in [1.165, 1.54) is 19.2 Å². The molecule has 0 radical (unpaired) electrons. The van der Waals surface area contributed by atoms with Crippen LogP contribution in [0.5, 0.6) is 11.5 Å². The number of nitrogens with one attached hydrogen (secondary N) is 1. The van der Waals surface area contributed by atoms with Crippen molar-refractivity contribution in [1.29, 1.82) is 0 Å². The molecular formula is C22H20FNO3S. The molecule has 0 unspecified atom stereocenters. The number of methoxy groups -OCH3 is 1. The predicted molar refractivity (Wildman–Crippen MR) is 110 cm³/mol. The van der Waals surface area contributed by atoms with Crippen LogP contribution >= 0.6 is 11.8 Å². The number of hydrogen-bond donors (Lipinski definition) is 1. The van der Waals surface area contributed by atoms with Gasteiger partial charge in [0.05, 0.1) is 12.8 Å². The largest absolute Gasteiger partial charge is 0.493 e. The number of rotatable bonds is 7. The second-order valence-corrected chi connectivity index (χ2v) is 6.79. The first-order valence-electron chi connectivity index (χ1n) is 8.60. The lowest BCUT2D eigenvalue weighted by atomic mass is 10.1. The first-order valence-corrected chi connectivity index (χ1v) is 9.83. The summed E-state index contributed by atoms with van der Waals surface area (Å²) in [7, 11) is 1.51. The van der Waals surface area contributed by atoms with E-state index in [0.29, 0.717) is 22.6 Å². The molecule has 1 N–H and O–H groups in total. The van der Waals surface area contributed by atoms with E-state index in [1.807, 2.05) is 30.5 Å². The van der Waals surface area contributed by atoms with Crippen LogP contribution in [0.25, 0.3) is 0 Å². The summed E-state index contributed by atoms with van der Waals surface area (Å²) in [4.78, 5) is 13.6. The van der Waals surface area contributed by atoms with Gasteiger partial charge in [-0.25, -0.2) is 4.39 Å². The Kier molecular flexibility index (Phi) is 6.55. The van der Waals surface area contributed by atoms with Gasteiger partial charge in [0.1, 0.15) is 12.4 Å². The number of hydrogen-bond acceptors (Lipinski definition) is 4. The summed E-state index contributed by atoms with van der Waals surface area (Å²) in [5, 5.41) is 2.91.